The first kappa shape index (κ1) is 2.45. The summed E-state index contributed by atoms with van der Waals surface area (Å²) in [7, 11) is 0. The van der Waals surface area contributed by atoms with Crippen LogP contribution in [0.5, 0.6) is 0 Å². The van der Waals surface area contributed by atoms with Gasteiger partial charge in [0.2, 0.25) is 0 Å². The Hall–Kier alpha value is -0.790. The molecule has 1 rings (SSSR count). The molecule has 0 aliphatic carbocycles. The zero-order chi connectivity index (χ0) is 3.54. The van der Waals surface area contributed by atoms with E-state index in [1.165, 1.54) is 0 Å². The summed E-state index contributed by atoms with van der Waals surface area (Å²) in [6.45, 7) is 0. The van der Waals surface area contributed by atoms with Gasteiger partial charge < -0.3 is 4.98 Å². The number of imidazole rings is 1. The fourth-order valence-electron chi connectivity index (χ4n) is 0.215. The quantitative estimate of drug-likeness (QED) is 0.471. The Morgan fingerprint density at radius 2 is 2.60 bits per heavy atom. The topological polar surface area (TPSA) is 28.7 Å². The first-order valence-corrected chi connectivity index (χ1v) is 1.43. The van der Waals surface area contributed by atoms with Gasteiger partial charge in [-0.3, -0.25) is 0 Å². The molecule has 0 bridgehead atoms. The van der Waals surface area contributed by atoms with Gasteiger partial charge in [-0.05, 0) is 0 Å². The molecule has 0 saturated heterocycles. The highest BCUT2D eigenvalue weighted by molar-refractivity contribution is 4.64. The van der Waals surface area contributed by atoms with E-state index in [1.54, 1.807) is 18.7 Å². The molecular weight excluding hydrogens is 67.0 g/mol. The highest BCUT2D eigenvalue weighted by Gasteiger charge is 1.56. The molecule has 0 radical (unpaired) electrons. The van der Waals surface area contributed by atoms with Crippen molar-refractivity contribution in [3.05, 3.63) is 18.7 Å². The normalized spacial score (nSPS) is 8.00. The van der Waals surface area contributed by atoms with Crippen LogP contribution in [0.15, 0.2) is 18.7 Å². The van der Waals surface area contributed by atoms with E-state index in [0.717, 1.165) is 0 Å². The summed E-state index contributed by atoms with van der Waals surface area (Å²) in [5, 5.41) is 0. The Kier molecular flexibility index (Phi) is 0.433. The van der Waals surface area contributed by atoms with Crippen LogP contribution in [0.2, 0.25) is 0 Å². The van der Waals surface area contributed by atoms with E-state index < -0.39 is 0 Å². The first-order chi connectivity index (χ1) is 2.50. The number of aromatic amines is 1. The zero-order valence-electron chi connectivity index (χ0n) is 2.68. The summed E-state index contributed by atoms with van der Waals surface area (Å²) < 4.78 is 0. The van der Waals surface area contributed by atoms with Crippen LogP contribution in [-0.4, -0.2) is 9.97 Å². The Balaban J connectivity index is 3.13. The molecule has 0 spiro atoms. The molecule has 1 N–H and O–H groups in total. The van der Waals surface area contributed by atoms with Crippen molar-refractivity contribution in [1.29, 1.82) is 0 Å². The minimum absolute atomic E-state index is 1.62. The van der Waals surface area contributed by atoms with Gasteiger partial charge in [-0.1, -0.05) is 0 Å². The van der Waals surface area contributed by atoms with Crippen LogP contribution in [0, 0.1) is 0 Å². The highest BCUT2D eigenvalue weighted by Crippen LogP contribution is 1.62. The van der Waals surface area contributed by atoms with Crippen molar-refractivity contribution in [2.24, 2.45) is 0 Å². The molecule has 2 nitrogen and oxygen atoms in total. The van der Waals surface area contributed by atoms with Crippen molar-refractivity contribution in [1.82, 2.24) is 9.97 Å². The lowest BCUT2D eigenvalue weighted by molar-refractivity contribution is 1.31. The number of hydrogen-bond donors (Lipinski definition) is 1. The van der Waals surface area contributed by atoms with Crippen LogP contribution in [-0.2, 0) is 0 Å². The van der Waals surface area contributed by atoms with E-state index in [9.17, 15) is 0 Å². The lowest BCUT2D eigenvalue weighted by Gasteiger charge is -1.46. The summed E-state index contributed by atoms with van der Waals surface area (Å²) >= 11 is 0. The number of rotatable bonds is 0. The summed E-state index contributed by atoms with van der Waals surface area (Å²) in [6.07, 6.45) is 5.08. The van der Waals surface area contributed by atoms with Gasteiger partial charge in [0.25, 0.3) is 0 Å². The van der Waals surface area contributed by atoms with Gasteiger partial charge in [0, 0.05) is 12.4 Å². The molecule has 0 aliphatic heterocycles. The fraction of sp³-hybridized carbons (Fsp3) is 0. The summed E-state index contributed by atoms with van der Waals surface area (Å²) in [5.41, 5.74) is 0. The highest BCUT2D eigenvalue weighted by atomic mass is 15.7. The molecule has 0 unspecified atom stereocenters. The van der Waals surface area contributed by atoms with Crippen molar-refractivity contribution in [2.75, 3.05) is 0 Å². The Morgan fingerprint density at radius 3 is 2.80 bits per heavy atom. The standard InChI is InChI=1S/C3H4N2/c1-2-5-3-4-1/h1-3H,(H,4,5)/i3+1,4+1,5+1. The molecule has 1 heterocycles. The molecule has 0 fully saturated rings. The zero-order valence-corrected chi connectivity index (χ0v) is 2.68. The second-order valence-electron chi connectivity index (χ2n) is 0.761. The lowest BCUT2D eigenvalue weighted by Crippen LogP contribution is -1.44. The molecule has 0 atom stereocenters. The van der Waals surface area contributed by atoms with Gasteiger partial charge in [-0.25, -0.2) is 4.98 Å². The average molecular weight is 71.1 g/mol. The Labute approximate surface area is 29.9 Å². The van der Waals surface area contributed by atoms with E-state index in [-0.39, 0.29) is 0 Å². The summed E-state index contributed by atoms with van der Waals surface area (Å²) in [4.78, 5) is 6.42. The third kappa shape index (κ3) is 0.265. The maximum Gasteiger partial charge on any atom is 0.0919 e. The number of H-pyrrole nitrogens is 1. The molecule has 2 heteroatoms. The van der Waals surface area contributed by atoms with Gasteiger partial charge in [0.05, 0.1) is 6.33 Å². The number of aromatic nitrogens is 2. The molecule has 0 amide bonds. The van der Waals surface area contributed by atoms with Crippen LogP contribution < -0.4 is 0 Å². The maximum atomic E-state index is 3.67. The molecular formula is C3H4N2. The van der Waals surface area contributed by atoms with E-state index in [1.807, 2.05) is 0 Å². The lowest BCUT2D eigenvalue weighted by atomic mass is 11.0. The second-order valence-corrected chi connectivity index (χ2v) is 0.761. The van der Waals surface area contributed by atoms with Gasteiger partial charge in [0.15, 0.2) is 0 Å². The summed E-state index contributed by atoms with van der Waals surface area (Å²) in [5.74, 6) is 0. The Bertz CT molecular complexity index is 61.4. The average Bonchev–Trinajstić information content (AvgIpc) is 1.76. The molecule has 0 aromatic carbocycles. The third-order valence-electron chi connectivity index (χ3n) is 0.406. The van der Waals surface area contributed by atoms with Crippen LogP contribution in [0.1, 0.15) is 0 Å². The largest absolute Gasteiger partial charge is 0.351 e. The SMILES string of the molecule is c1c[15nH][13cH][15n]1. The van der Waals surface area contributed by atoms with Crippen molar-refractivity contribution in [2.45, 2.75) is 0 Å². The molecule has 5 heavy (non-hydrogen) atoms. The van der Waals surface area contributed by atoms with E-state index in [0.29, 0.717) is 0 Å². The smallest absolute Gasteiger partial charge is 0.0919 e. The van der Waals surface area contributed by atoms with E-state index in [2.05, 4.69) is 9.97 Å². The maximum absolute atomic E-state index is 3.67. The minimum Gasteiger partial charge on any atom is -0.351 e. The van der Waals surface area contributed by atoms with Crippen LogP contribution in [0.25, 0.3) is 0 Å². The van der Waals surface area contributed by atoms with Crippen LogP contribution in [0.4, 0.5) is 0 Å². The predicted molar refractivity (Wildman–Crippen MR) is 18.6 cm³/mol. The second kappa shape index (κ2) is 0.885. The van der Waals surface area contributed by atoms with Crippen LogP contribution in [0.3, 0.4) is 0 Å². The van der Waals surface area contributed by atoms with Crippen molar-refractivity contribution >= 4 is 0 Å². The number of hydrogen-bond acceptors (Lipinski definition) is 1. The molecule has 26 valence electrons. The number of nitrogens with one attached hydrogen (secondary N) is 1. The van der Waals surface area contributed by atoms with Gasteiger partial charge >= 0.3 is 0 Å². The third-order valence-corrected chi connectivity index (χ3v) is 0.406. The van der Waals surface area contributed by atoms with Crippen LogP contribution >= 0.6 is 0 Å². The predicted octanol–water partition coefficient (Wildman–Crippen LogP) is 0.410. The monoisotopic (exact) mass is 71.0 g/mol. The van der Waals surface area contributed by atoms with Gasteiger partial charge in [-0.2, -0.15) is 0 Å². The van der Waals surface area contributed by atoms with E-state index in [4.69, 9.17) is 0 Å². The minimum atomic E-state index is 1.62. The van der Waals surface area contributed by atoms with Crippen molar-refractivity contribution in [3.63, 3.8) is 0 Å². The molecule has 0 saturated carbocycles. The molecule has 1 aromatic heterocycles. The van der Waals surface area contributed by atoms with Gasteiger partial charge in [-0.15, -0.1) is 0 Å². The van der Waals surface area contributed by atoms with E-state index >= 15 is 0 Å². The van der Waals surface area contributed by atoms with Crippen molar-refractivity contribution in [3.8, 4) is 0 Å². The number of nitrogens with zero attached hydrogens (tertiary/aromatic N) is 1. The Morgan fingerprint density at radius 1 is 1.60 bits per heavy atom. The summed E-state index contributed by atoms with van der Waals surface area (Å²) in [6, 6.07) is 0. The fourth-order valence-corrected chi connectivity index (χ4v) is 0.215. The molecule has 1 aromatic rings. The van der Waals surface area contributed by atoms with Gasteiger partial charge in [0.1, 0.15) is 0 Å². The molecule has 0 aliphatic rings. The first-order valence-electron chi connectivity index (χ1n) is 1.43. The van der Waals surface area contributed by atoms with Crippen molar-refractivity contribution < 1.29 is 0 Å².